The van der Waals surface area contributed by atoms with Crippen LogP contribution in [0.25, 0.3) is 0 Å². The molecule has 0 saturated heterocycles. The zero-order chi connectivity index (χ0) is 52.3. The second-order valence-electron chi connectivity index (χ2n) is 25.3. The predicted octanol–water partition coefficient (Wildman–Crippen LogP) is 6.76. The summed E-state index contributed by atoms with van der Waals surface area (Å²) in [6, 6.07) is 0. The van der Waals surface area contributed by atoms with E-state index in [0.29, 0.717) is 112 Å². The Morgan fingerprint density at radius 1 is 0.500 bits per heavy atom. The molecule has 16 aliphatic carbocycles. The molecule has 8 atom stereocenters. The average molecular weight is 1620 g/mol. The van der Waals surface area contributed by atoms with E-state index in [1.807, 2.05) is 0 Å². The molecule has 0 heterocycles. The Bertz CT molecular complexity index is 2060. The Morgan fingerprint density at radius 2 is 0.730 bits per heavy atom. The van der Waals surface area contributed by atoms with Gasteiger partial charge in [0.2, 0.25) is 15.9 Å². The molecular formula is C50H70Cl4I4NaO14V. The molecule has 16 saturated carbocycles. The summed E-state index contributed by atoms with van der Waals surface area (Å²) in [5.74, 6) is -2.97. The smallest absolute Gasteiger partial charge is 1.00 e. The van der Waals surface area contributed by atoms with Gasteiger partial charge in [-0.25, -0.2) is 14.4 Å². The van der Waals surface area contributed by atoms with Gasteiger partial charge in [-0.05, 0) is 201 Å². The number of alkyl halides is 4. The van der Waals surface area contributed by atoms with Gasteiger partial charge in [0.25, 0.3) is 0 Å². The first-order chi connectivity index (χ1) is 32.6. The molecule has 16 bridgehead atoms. The molecule has 8 unspecified atom stereocenters. The first kappa shape index (κ1) is 67.5. The van der Waals surface area contributed by atoms with Crippen LogP contribution in [0.15, 0.2) is 0 Å². The minimum Gasteiger partial charge on any atom is 1.00 e. The van der Waals surface area contributed by atoms with Crippen LogP contribution in [0.4, 0.5) is 0 Å². The van der Waals surface area contributed by atoms with E-state index in [1.54, 1.807) is 0 Å². The summed E-state index contributed by atoms with van der Waals surface area (Å²) in [4.78, 5) is 68.2. The van der Waals surface area contributed by atoms with Crippen LogP contribution in [0.3, 0.4) is 0 Å². The van der Waals surface area contributed by atoms with Crippen LogP contribution in [0.5, 0.6) is 0 Å². The first-order valence-electron chi connectivity index (χ1n) is 24.9. The Kier molecular flexibility index (Phi) is 21.9. The van der Waals surface area contributed by atoms with Crippen LogP contribution >= 0.6 is 130 Å². The van der Waals surface area contributed by atoms with Crippen LogP contribution < -0.4 is 34.7 Å². The summed E-state index contributed by atoms with van der Waals surface area (Å²) in [6.45, 7) is 0. The normalized spacial score (nSPS) is 44.2. The molecule has 16 fully saturated rings. The van der Waals surface area contributed by atoms with Gasteiger partial charge in [-0.1, -0.05) is 53.8 Å². The zero-order valence-electron chi connectivity index (χ0n) is 41.0. The van der Waals surface area contributed by atoms with Crippen molar-refractivity contribution in [1.29, 1.82) is 0 Å². The molecule has 0 amide bonds. The average Bonchev–Trinajstić information content (AvgIpc) is 3.19. The molecule has 74 heavy (non-hydrogen) atoms. The van der Waals surface area contributed by atoms with Gasteiger partial charge in [0.05, 0.1) is 35.5 Å². The van der Waals surface area contributed by atoms with Gasteiger partial charge in [0.15, 0.2) is 4.33 Å². The van der Waals surface area contributed by atoms with Gasteiger partial charge in [-0.3, -0.25) is 9.59 Å². The number of Topliss-reactive ketones (excluding diaryl/α,β-unsaturated/α-hetero) is 2. The Labute approximate surface area is 531 Å². The van der Waals surface area contributed by atoms with Crippen molar-refractivity contribution < 1.29 is 104 Å². The van der Waals surface area contributed by atoms with Crippen LogP contribution in [-0.2, 0) is 38.4 Å². The van der Waals surface area contributed by atoms with Crippen molar-refractivity contribution in [3.63, 3.8) is 0 Å². The third-order valence-corrected chi connectivity index (χ3v) is 21.7. The molecule has 0 aliphatic heterocycles. The number of rotatable bonds is 8. The quantitative estimate of drug-likeness (QED) is 0.0483. The number of hydrogen-bond donors (Lipinski definition) is 6. The van der Waals surface area contributed by atoms with E-state index in [1.165, 1.54) is 7.11 Å². The van der Waals surface area contributed by atoms with E-state index in [4.69, 9.17) is 61.4 Å². The van der Waals surface area contributed by atoms with Crippen molar-refractivity contribution in [3.05, 3.63) is 0 Å². The van der Waals surface area contributed by atoms with Crippen molar-refractivity contribution in [1.82, 2.24) is 0 Å². The zero-order valence-corrected chi connectivity index (χ0v) is 56.3. The molecule has 16 aliphatic rings. The van der Waals surface area contributed by atoms with Crippen LogP contribution in [0, 0.1) is 69.0 Å². The number of ketones is 2. The number of ether oxygens (including phenoxy) is 1. The maximum absolute atomic E-state index is 11.9. The largest absolute Gasteiger partial charge is 1.00 e. The predicted molar refractivity (Wildman–Crippen MR) is 304 cm³/mol. The second-order valence-corrected chi connectivity index (χ2v) is 63.3. The molecular weight excluding hydrogens is 1550 g/mol. The fourth-order valence-electron chi connectivity index (χ4n) is 19.1. The Morgan fingerprint density at radius 3 is 0.932 bits per heavy atom. The monoisotopic (exact) mass is 1620 g/mol. The fourth-order valence-corrected chi connectivity index (χ4v) is 20.2. The topological polar surface area (TPSA) is 256 Å². The standard InChI is InChI=1S/C13H18Cl2O3.C12H16Cl2O3.2C12H16O4.CH4.4HI.Na.V/c1-18-10(16)13(14,15)11-3-8-2-9(4-11)6-12(17,5-8)7-11;13-12(14,9(15)16)10-2-7-1-8(3-10)5-11(17,4-7)6-10;2*13-9(10(14)15)11-2-7-1-8(3-11)5-12(16,4-7)6-11;;;;;;;/h8-9,17H,2-7H2,1H3;7-8,17H,1-6H2,(H,15,16);2*7-8,16H,1-6H2,(H,14,15);1H4;4*1H;;/q;;;;;;;;;+1;+3/p-4. The number of esters is 1. The summed E-state index contributed by atoms with van der Waals surface area (Å²) < 4.78 is 1.34. The number of carboxylic acids is 3. The van der Waals surface area contributed by atoms with Crippen LogP contribution in [-0.4, -0.2) is 104 Å². The molecule has 0 spiro atoms. The second kappa shape index (κ2) is 24.0. The number of halogens is 8. The van der Waals surface area contributed by atoms with Crippen molar-refractivity contribution in [2.75, 3.05) is 7.11 Å². The van der Waals surface area contributed by atoms with Gasteiger partial charge in [-0.15, -0.1) is 24.0 Å². The third-order valence-electron chi connectivity index (χ3n) is 19.5. The van der Waals surface area contributed by atoms with Crippen molar-refractivity contribution in [3.8, 4) is 0 Å². The number of hydrogen-bond acceptors (Lipinski definition) is 12. The summed E-state index contributed by atoms with van der Waals surface area (Å²) in [5.41, 5.74) is -5.64. The van der Waals surface area contributed by atoms with E-state index >= 15 is 0 Å². The minimum atomic E-state index is -1.88. The summed E-state index contributed by atoms with van der Waals surface area (Å²) in [7, 11) is 1.30. The summed E-state index contributed by atoms with van der Waals surface area (Å²) in [6.07, 6.45) is 18.0. The van der Waals surface area contributed by atoms with E-state index < -0.39 is 88.2 Å². The van der Waals surface area contributed by atoms with Crippen molar-refractivity contribution in [2.45, 2.75) is 193 Å². The van der Waals surface area contributed by atoms with Crippen LogP contribution in [0.2, 0.25) is 0 Å². The Hall–Kier alpha value is 2.72. The number of methoxy groups -OCH3 is 1. The summed E-state index contributed by atoms with van der Waals surface area (Å²) >= 11 is 32.2. The molecule has 416 valence electrons. The maximum Gasteiger partial charge on any atom is 1.00 e. The van der Waals surface area contributed by atoms with Crippen LogP contribution in [0.1, 0.15) is 162 Å². The van der Waals surface area contributed by atoms with E-state index in [0.717, 1.165) is 89.9 Å². The molecule has 0 aromatic rings. The Balaban J connectivity index is 0.000000176. The molecule has 16 rings (SSSR count). The van der Waals surface area contributed by atoms with E-state index in [9.17, 15) is 54.3 Å². The third kappa shape index (κ3) is 13.3. The van der Waals surface area contributed by atoms with E-state index in [-0.39, 0.29) is 65.9 Å². The van der Waals surface area contributed by atoms with Gasteiger partial charge in [0.1, 0.15) is 0 Å². The molecule has 14 nitrogen and oxygen atoms in total. The van der Waals surface area contributed by atoms with Gasteiger partial charge in [0, 0.05) is 21.7 Å². The number of aliphatic carboxylic acids is 3. The number of carboxylic acid groups (broad SMARTS) is 3. The first-order valence-corrected chi connectivity index (χ1v) is 40.0. The van der Waals surface area contributed by atoms with Crippen molar-refractivity contribution >= 4 is 166 Å². The van der Waals surface area contributed by atoms with Crippen molar-refractivity contribution in [2.24, 2.45) is 69.0 Å². The maximum atomic E-state index is 11.9. The SMILES string of the molecule is C.COC(=O)C(Cl)(Cl)C12CC3CC(CC(O)(C3)C1)C2.I.O=C(O)C(=O)C12CC3CC(CC(O)(C3)C1)C2.O=C(O)C(=O)C12CC3CC(CC(O)(C3)C1)C2.O=C([O-])C(Cl)(Cl)C12CC3CC(CC(O)(C3)C1)C2.[I][V]([I])[I].[Na+]. The van der Waals surface area contributed by atoms with E-state index in [2.05, 4.69) is 59.9 Å². The number of carbonyl (C=O) groups is 6. The molecule has 0 aromatic heterocycles. The van der Waals surface area contributed by atoms with Gasteiger partial charge in [-0.2, -0.15) is 0 Å². The molecule has 24 heteroatoms. The van der Waals surface area contributed by atoms with Gasteiger partial charge >= 0.3 is 112 Å². The fraction of sp³-hybridized carbons (Fsp3) is 0.880. The van der Waals surface area contributed by atoms with Gasteiger partial charge < -0.3 is 45.3 Å². The molecule has 6 N–H and O–H groups in total. The summed E-state index contributed by atoms with van der Waals surface area (Å²) in [5, 5.41) is 70.8. The number of carbonyl (C=O) groups excluding carboxylic acids is 4. The minimum absolute atomic E-state index is 0. The molecule has 0 radical (unpaired) electrons. The number of aliphatic hydroxyl groups is 4. The molecule has 0 aromatic carbocycles.